The van der Waals surface area contributed by atoms with Crippen LogP contribution >= 0.6 is 0 Å². The van der Waals surface area contributed by atoms with Crippen molar-refractivity contribution < 1.29 is 14.7 Å². The monoisotopic (exact) mass is 392 g/mol. The van der Waals surface area contributed by atoms with Crippen molar-refractivity contribution in [2.24, 2.45) is 0 Å². The van der Waals surface area contributed by atoms with E-state index in [2.05, 4.69) is 31.2 Å². The van der Waals surface area contributed by atoms with Crippen LogP contribution in [0, 0.1) is 0 Å². The third-order valence-corrected chi connectivity index (χ3v) is 5.65. The lowest BCUT2D eigenvalue weighted by Crippen LogP contribution is -2.54. The summed E-state index contributed by atoms with van der Waals surface area (Å²) in [5.74, 6) is 0. The van der Waals surface area contributed by atoms with Gasteiger partial charge < -0.3 is 14.7 Å². The molecule has 0 saturated carbocycles. The Labute approximate surface area is 174 Å². The number of hydrogen-bond donors (Lipinski definition) is 2. The molecule has 0 spiro atoms. The first-order valence-electron chi connectivity index (χ1n) is 11.7. The number of nitrogens with zero attached hydrogens (tertiary/aromatic N) is 1. The minimum atomic E-state index is -0.356. The smallest absolute Gasteiger partial charge is 0.105 e. The molecule has 2 N–H and O–H groups in total. The van der Waals surface area contributed by atoms with Crippen LogP contribution in [-0.4, -0.2) is 46.5 Å². The van der Waals surface area contributed by atoms with Gasteiger partial charge in [-0.05, 0) is 26.7 Å². The summed E-state index contributed by atoms with van der Waals surface area (Å²) in [7, 11) is 0. The van der Waals surface area contributed by atoms with Crippen molar-refractivity contribution in [3.63, 3.8) is 0 Å². The molecule has 28 heavy (non-hydrogen) atoms. The predicted octanol–water partition coefficient (Wildman–Crippen LogP) is 5.69. The first kappa shape index (κ1) is 25.1. The van der Waals surface area contributed by atoms with Gasteiger partial charge in [0, 0.05) is 5.56 Å². The van der Waals surface area contributed by atoms with Crippen LogP contribution in [0.3, 0.4) is 0 Å². The summed E-state index contributed by atoms with van der Waals surface area (Å²) in [5.41, 5.74) is 1.29. The van der Waals surface area contributed by atoms with Crippen molar-refractivity contribution in [2.45, 2.75) is 104 Å². The van der Waals surface area contributed by atoms with E-state index in [4.69, 9.17) is 0 Å². The second-order valence-electron chi connectivity index (χ2n) is 8.95. The van der Waals surface area contributed by atoms with Gasteiger partial charge in [-0.15, -0.1) is 0 Å². The molecule has 0 aliphatic heterocycles. The Morgan fingerprint density at radius 1 is 0.714 bits per heavy atom. The Bertz CT molecular complexity index is 463. The predicted molar refractivity (Wildman–Crippen MR) is 120 cm³/mol. The van der Waals surface area contributed by atoms with E-state index in [-0.39, 0.29) is 12.2 Å². The van der Waals surface area contributed by atoms with Crippen LogP contribution in [0.2, 0.25) is 0 Å². The van der Waals surface area contributed by atoms with E-state index in [0.717, 1.165) is 17.6 Å². The summed E-state index contributed by atoms with van der Waals surface area (Å²) in [5, 5.41) is 20.3. The van der Waals surface area contributed by atoms with Gasteiger partial charge in [0.05, 0.1) is 6.54 Å². The van der Waals surface area contributed by atoms with Gasteiger partial charge in [-0.3, -0.25) is 0 Å². The largest absolute Gasteiger partial charge is 0.388 e. The van der Waals surface area contributed by atoms with Crippen LogP contribution in [0.15, 0.2) is 30.3 Å². The highest BCUT2D eigenvalue weighted by atomic mass is 16.3. The van der Waals surface area contributed by atoms with E-state index in [1.54, 1.807) is 0 Å². The maximum atomic E-state index is 10.1. The summed E-state index contributed by atoms with van der Waals surface area (Å²) in [6.45, 7) is 9.34. The molecule has 1 aromatic carbocycles. The van der Waals surface area contributed by atoms with Gasteiger partial charge in [0.2, 0.25) is 0 Å². The molecule has 0 radical (unpaired) electrons. The highest BCUT2D eigenvalue weighted by molar-refractivity contribution is 5.13. The molecule has 0 aliphatic rings. The zero-order valence-corrected chi connectivity index (χ0v) is 18.8. The molecule has 162 valence electrons. The summed E-state index contributed by atoms with van der Waals surface area (Å²) in [6.07, 6.45) is 12.6. The quantitative estimate of drug-likeness (QED) is 0.264. The van der Waals surface area contributed by atoms with Crippen LogP contribution in [0.1, 0.15) is 90.5 Å². The van der Waals surface area contributed by atoms with E-state index in [1.165, 1.54) is 69.8 Å². The van der Waals surface area contributed by atoms with Gasteiger partial charge in [0.1, 0.15) is 31.8 Å². The van der Waals surface area contributed by atoms with Crippen LogP contribution in [0.5, 0.6) is 0 Å². The number of aliphatic hydroxyl groups is 2. The molecular formula is C25H46NO2+. The molecule has 0 bridgehead atoms. The van der Waals surface area contributed by atoms with Crippen molar-refractivity contribution in [3.8, 4) is 0 Å². The van der Waals surface area contributed by atoms with Crippen molar-refractivity contribution in [3.05, 3.63) is 35.9 Å². The molecular weight excluding hydrogens is 346 g/mol. The Balaban J connectivity index is 2.48. The van der Waals surface area contributed by atoms with Crippen molar-refractivity contribution in [1.29, 1.82) is 0 Å². The van der Waals surface area contributed by atoms with Crippen molar-refractivity contribution in [1.82, 2.24) is 0 Å². The first-order valence-corrected chi connectivity index (χ1v) is 11.7. The number of unbranched alkanes of at least 4 members (excludes halogenated alkanes) is 9. The van der Waals surface area contributed by atoms with Crippen molar-refractivity contribution in [2.75, 3.05) is 19.6 Å². The van der Waals surface area contributed by atoms with Crippen LogP contribution in [0.25, 0.3) is 0 Å². The van der Waals surface area contributed by atoms with Crippen LogP contribution in [0.4, 0.5) is 0 Å². The Morgan fingerprint density at radius 3 is 1.64 bits per heavy atom. The van der Waals surface area contributed by atoms with E-state index in [0.29, 0.717) is 13.1 Å². The Hall–Kier alpha value is -0.900. The maximum Gasteiger partial charge on any atom is 0.105 e. The molecule has 0 amide bonds. The fourth-order valence-electron chi connectivity index (χ4n) is 4.49. The summed E-state index contributed by atoms with van der Waals surface area (Å²) < 4.78 is 0.774. The molecule has 0 heterocycles. The van der Waals surface area contributed by atoms with E-state index < -0.39 is 0 Å². The van der Waals surface area contributed by atoms with Gasteiger partial charge in [0.25, 0.3) is 0 Å². The van der Waals surface area contributed by atoms with Crippen LogP contribution in [-0.2, 0) is 6.54 Å². The second kappa shape index (κ2) is 15.0. The fourth-order valence-corrected chi connectivity index (χ4v) is 4.49. The number of hydrogen-bond acceptors (Lipinski definition) is 2. The lowest BCUT2D eigenvalue weighted by atomic mass is 10.1. The second-order valence-corrected chi connectivity index (χ2v) is 8.95. The number of rotatable bonds is 17. The lowest BCUT2D eigenvalue weighted by Gasteiger charge is -2.41. The molecule has 0 aromatic heterocycles. The maximum absolute atomic E-state index is 10.1. The summed E-state index contributed by atoms with van der Waals surface area (Å²) >= 11 is 0. The Kier molecular flexibility index (Phi) is 13.5. The molecule has 0 fully saturated rings. The zero-order chi connectivity index (χ0) is 20.7. The minimum absolute atomic E-state index is 0.356. The van der Waals surface area contributed by atoms with Crippen molar-refractivity contribution >= 4 is 0 Å². The Morgan fingerprint density at radius 2 is 1.18 bits per heavy atom. The van der Waals surface area contributed by atoms with E-state index in [1.807, 2.05) is 19.9 Å². The van der Waals surface area contributed by atoms with Gasteiger partial charge in [-0.1, -0.05) is 88.6 Å². The number of quaternary nitrogens is 1. The zero-order valence-electron chi connectivity index (χ0n) is 18.8. The lowest BCUT2D eigenvalue weighted by molar-refractivity contribution is -0.946. The molecule has 3 nitrogen and oxygen atoms in total. The molecule has 0 aliphatic carbocycles. The number of benzene rings is 1. The summed E-state index contributed by atoms with van der Waals surface area (Å²) in [4.78, 5) is 0. The van der Waals surface area contributed by atoms with Gasteiger partial charge >= 0.3 is 0 Å². The third kappa shape index (κ3) is 11.8. The van der Waals surface area contributed by atoms with E-state index in [9.17, 15) is 10.2 Å². The average Bonchev–Trinajstić information content (AvgIpc) is 2.63. The van der Waals surface area contributed by atoms with Gasteiger partial charge in [-0.2, -0.15) is 0 Å². The molecule has 3 heteroatoms. The third-order valence-electron chi connectivity index (χ3n) is 5.65. The molecule has 0 saturated heterocycles. The SMILES string of the molecule is CCCCCCCCCCCC[N+](Cc1ccccc1)(C[C@H](C)O)C[C@H](C)O. The fraction of sp³-hybridized carbons (Fsp3) is 0.760. The highest BCUT2D eigenvalue weighted by Gasteiger charge is 2.30. The standard InChI is InChI=1S/C25H46NO2/c1-4-5-6-7-8-9-10-11-12-16-19-26(20-23(2)27,21-24(3)28)22-25-17-14-13-15-18-25/h13-15,17-18,23-24,27-28H,4-12,16,19-22H2,1-3H3/q+1/t23-,24-/m0/s1. The molecule has 2 atom stereocenters. The topological polar surface area (TPSA) is 40.5 Å². The normalized spacial score (nSPS) is 14.2. The molecule has 0 unspecified atom stereocenters. The van der Waals surface area contributed by atoms with Crippen LogP contribution < -0.4 is 0 Å². The summed E-state index contributed by atoms with van der Waals surface area (Å²) in [6, 6.07) is 10.5. The van der Waals surface area contributed by atoms with Gasteiger partial charge in [0.15, 0.2) is 0 Å². The van der Waals surface area contributed by atoms with Gasteiger partial charge in [-0.25, -0.2) is 0 Å². The molecule has 1 rings (SSSR count). The first-order chi connectivity index (χ1) is 13.5. The minimum Gasteiger partial charge on any atom is -0.388 e. The molecule has 1 aromatic rings. The highest BCUT2D eigenvalue weighted by Crippen LogP contribution is 2.20. The average molecular weight is 393 g/mol. The number of aliphatic hydroxyl groups excluding tert-OH is 2. The van der Waals surface area contributed by atoms with E-state index >= 15 is 0 Å².